The summed E-state index contributed by atoms with van der Waals surface area (Å²) in [5.41, 5.74) is 33.9. The van der Waals surface area contributed by atoms with Crippen LogP contribution >= 0.6 is 0 Å². The summed E-state index contributed by atoms with van der Waals surface area (Å²) in [7, 11) is 0. The van der Waals surface area contributed by atoms with Crippen molar-refractivity contribution in [1.82, 2.24) is 52.7 Å². The van der Waals surface area contributed by atoms with E-state index >= 15 is 0 Å². The quantitative estimate of drug-likeness (QED) is 0.135. The van der Waals surface area contributed by atoms with Gasteiger partial charge in [-0.1, -0.05) is 285 Å². The highest BCUT2D eigenvalue weighted by atomic mass is 15.3. The molecule has 8 fully saturated rings. The summed E-state index contributed by atoms with van der Waals surface area (Å²) in [4.78, 5) is 31.2. The summed E-state index contributed by atoms with van der Waals surface area (Å²) in [5.74, 6) is 10.2. The van der Waals surface area contributed by atoms with Crippen LogP contribution in [0.15, 0.2) is 394 Å². The lowest BCUT2D eigenvalue weighted by molar-refractivity contribution is -0.0399. The van der Waals surface area contributed by atoms with E-state index in [0.29, 0.717) is 35.3 Å². The van der Waals surface area contributed by atoms with Crippen molar-refractivity contribution in [3.63, 3.8) is 0 Å². The number of para-hydroxylation sites is 6. The van der Waals surface area contributed by atoms with Gasteiger partial charge in [0.2, 0.25) is 17.8 Å². The zero-order valence-corrected chi connectivity index (χ0v) is 76.6. The van der Waals surface area contributed by atoms with Gasteiger partial charge < -0.3 is 9.13 Å². The molecule has 7 heterocycles. The normalized spacial score (nSPS) is 21.0. The molecule has 660 valence electrons. The summed E-state index contributed by atoms with van der Waals surface area (Å²) in [6, 6.07) is 145. The number of rotatable bonds is 10. The first-order chi connectivity index (χ1) is 68.8. The van der Waals surface area contributed by atoms with Crippen molar-refractivity contribution < 1.29 is 0 Å². The van der Waals surface area contributed by atoms with Crippen LogP contribution in [-0.2, 0) is 10.8 Å². The smallest absolute Gasteiger partial charge is 0.240 e. The molecule has 17 aromatic carbocycles. The van der Waals surface area contributed by atoms with Crippen molar-refractivity contribution in [2.75, 3.05) is 0 Å². The summed E-state index contributed by atoms with van der Waals surface area (Å²) in [5, 5.41) is 12.0. The molecule has 139 heavy (non-hydrogen) atoms. The number of aromatic nitrogens is 11. The maximum atomic E-state index is 5.39. The van der Waals surface area contributed by atoms with E-state index < -0.39 is 0 Å². The maximum Gasteiger partial charge on any atom is 0.240 e. The molecular weight excluding hydrogens is 1690 g/mol. The fraction of sp³-hybridized carbons (Fsp3) is 0.156. The minimum Gasteiger partial charge on any atom is -0.309 e. The van der Waals surface area contributed by atoms with Crippen molar-refractivity contribution in [3.05, 3.63) is 417 Å². The van der Waals surface area contributed by atoms with Crippen LogP contribution in [0.25, 0.3) is 217 Å². The van der Waals surface area contributed by atoms with Crippen LogP contribution in [-0.4, -0.2) is 52.7 Å². The predicted molar refractivity (Wildman–Crippen MR) is 565 cm³/mol. The molecule has 0 radical (unpaired) electrons. The fourth-order valence-corrected chi connectivity index (χ4v) is 29.5. The minimum absolute atomic E-state index is 0.116. The Bertz CT molecular complexity index is 9160. The van der Waals surface area contributed by atoms with Gasteiger partial charge in [-0.25, -0.2) is 4.98 Å². The largest absolute Gasteiger partial charge is 0.309 e. The Morgan fingerprint density at radius 3 is 0.741 bits per heavy atom. The van der Waals surface area contributed by atoms with E-state index in [4.69, 9.17) is 29.9 Å². The van der Waals surface area contributed by atoms with Gasteiger partial charge in [-0.05, 0) is 288 Å². The van der Waals surface area contributed by atoms with Crippen LogP contribution in [0.3, 0.4) is 0 Å². The van der Waals surface area contributed by atoms with Gasteiger partial charge in [-0.2, -0.15) is 24.9 Å². The highest BCUT2D eigenvalue weighted by Crippen LogP contribution is 2.72. The van der Waals surface area contributed by atoms with Crippen LogP contribution in [0.4, 0.5) is 0 Å². The first kappa shape index (κ1) is 78.0. The highest BCUT2D eigenvalue weighted by molar-refractivity contribution is 6.16. The third kappa shape index (κ3) is 11.3. The van der Waals surface area contributed by atoms with Crippen molar-refractivity contribution >= 4 is 109 Å². The summed E-state index contributed by atoms with van der Waals surface area (Å²) < 4.78 is 11.7. The molecule has 0 saturated heterocycles. The lowest BCUT2D eigenvalue weighted by atomic mass is 9.43. The summed E-state index contributed by atoms with van der Waals surface area (Å²) >= 11 is 0. The Hall–Kier alpha value is -16.2. The maximum absolute atomic E-state index is 5.39. The summed E-state index contributed by atoms with van der Waals surface area (Å²) in [6.07, 6.45) is 14.0. The van der Waals surface area contributed by atoms with Gasteiger partial charge in [0, 0.05) is 92.8 Å². The van der Waals surface area contributed by atoms with Crippen molar-refractivity contribution in [2.24, 2.45) is 47.3 Å². The van der Waals surface area contributed by atoms with Crippen LogP contribution in [0.1, 0.15) is 86.5 Å². The molecule has 34 rings (SSSR count). The van der Waals surface area contributed by atoms with Crippen LogP contribution in [0.2, 0.25) is 0 Å². The van der Waals surface area contributed by atoms with Gasteiger partial charge in [0.05, 0.1) is 55.2 Å². The average molecular weight is 1790 g/mol. The number of benzene rings is 17. The first-order valence-corrected chi connectivity index (χ1v) is 50.1. The van der Waals surface area contributed by atoms with Gasteiger partial charge in [-0.15, -0.1) is 0 Å². The SMILES string of the molecule is c1ccc(-c2nc(-c3ccccc3)nc(-n3c4ccccc4c4cc(-c5ccc6c(c5)c5ccccc5n6-c5ccc6c(c5)C5(c7ccccc7-6)C6CC7CC(C6)CC5C7)ccc43)n2)cc1.c1ccc(-c2nc(-n3c4ccccc4c4ccccc43)nc(-n3c4ccccc4c4cc(-c5ccc6c(c5)c5ccccc5n6-c5ccc6c(c5)C5(c7ccccc7-6)C6CC7CC(C6)CC5C7)ccc43)n2)cc1. The van der Waals surface area contributed by atoms with Crippen molar-refractivity contribution in [3.8, 4) is 108 Å². The Labute approximate surface area is 803 Å². The molecule has 0 aliphatic heterocycles. The van der Waals surface area contributed by atoms with Gasteiger partial charge >= 0.3 is 0 Å². The fourth-order valence-electron chi connectivity index (χ4n) is 29.5. The van der Waals surface area contributed by atoms with E-state index in [0.717, 1.165) is 129 Å². The van der Waals surface area contributed by atoms with Crippen LogP contribution in [0.5, 0.6) is 0 Å². The molecule has 24 aromatic rings. The zero-order valence-electron chi connectivity index (χ0n) is 76.6. The lowest BCUT2D eigenvalue weighted by Crippen LogP contribution is -2.55. The van der Waals surface area contributed by atoms with E-state index in [1.165, 1.54) is 164 Å². The van der Waals surface area contributed by atoms with Gasteiger partial charge in [0.25, 0.3) is 0 Å². The molecular formula is C128H93N11. The number of fused-ring (bicyclic) bond motifs is 21. The number of hydrogen-bond acceptors (Lipinski definition) is 6. The summed E-state index contributed by atoms with van der Waals surface area (Å²) in [6.45, 7) is 0. The second kappa shape index (κ2) is 29.6. The monoisotopic (exact) mass is 1780 g/mol. The number of hydrogen-bond donors (Lipinski definition) is 0. The van der Waals surface area contributed by atoms with Gasteiger partial charge in [0.15, 0.2) is 17.5 Å². The standard InChI is InChI=1S/C67H48N6.C61H45N5/c1-2-14-42(15-3-1)64-68-65(72-59-23-11-5-17-50(59)51-18-6-12-24-60(51)72)70-66(69-64)73-61-25-13-8-20-53(61)55-38-44(27-31-63(55)73)43-26-30-62-54(37-43)52-19-7-10-22-58(52)71(62)47-28-29-49-48-16-4-9-21-56(48)67(57(49)39-47)45-33-40-32-41(35-45)36-46(67)34-40;1-3-13-39(14-4-1)58-62-59(40-15-5-2-6-16-40)64-60(63-58)66-55-22-12-9-19-49(55)51-35-42(24-28-57(51)66)41-23-27-56-50(34-41)48-18-8-11-21-54(48)65(56)45-25-26-47-46-17-7-10-20-52(46)61(53(47)36-45)43-30-37-29-38(32-43)33-44(61)31-37/h1-31,37-41,45-46H,32-36H2;1-28,34-38,43-44H,29-33H2. The molecule has 11 heteroatoms. The second-order valence-electron chi connectivity index (χ2n) is 41.2. The molecule has 8 bridgehead atoms. The van der Waals surface area contributed by atoms with E-state index in [1.807, 2.05) is 54.6 Å². The predicted octanol–water partition coefficient (Wildman–Crippen LogP) is 31.0. The molecule has 0 N–H and O–H groups in total. The van der Waals surface area contributed by atoms with Gasteiger partial charge in [-0.3, -0.25) is 13.7 Å². The third-order valence-electron chi connectivity index (χ3n) is 34.5. The average Bonchev–Trinajstić information content (AvgIpc) is 1.52. The van der Waals surface area contributed by atoms with Gasteiger partial charge in [0.1, 0.15) is 0 Å². The number of nitrogens with zero attached hydrogens (tertiary/aromatic N) is 11. The second-order valence-corrected chi connectivity index (χ2v) is 41.2. The molecule has 8 saturated carbocycles. The lowest BCUT2D eigenvalue weighted by Gasteiger charge is -2.61. The Balaban J connectivity index is 0.000000129. The van der Waals surface area contributed by atoms with Crippen LogP contribution in [0, 0.1) is 47.3 Å². The molecule has 11 nitrogen and oxygen atoms in total. The molecule has 0 amide bonds. The topological polar surface area (TPSA) is 102 Å². The Morgan fingerprint density at radius 1 is 0.173 bits per heavy atom. The van der Waals surface area contributed by atoms with Crippen molar-refractivity contribution in [2.45, 2.75) is 75.0 Å². The van der Waals surface area contributed by atoms with Crippen molar-refractivity contribution in [1.29, 1.82) is 0 Å². The molecule has 2 spiro atoms. The third-order valence-corrected chi connectivity index (χ3v) is 34.5. The minimum atomic E-state index is 0.116. The van der Waals surface area contributed by atoms with Crippen LogP contribution < -0.4 is 0 Å². The molecule has 7 aromatic heterocycles. The molecule has 0 unspecified atom stereocenters. The molecule has 10 aliphatic carbocycles. The van der Waals surface area contributed by atoms with E-state index in [-0.39, 0.29) is 10.8 Å². The first-order valence-electron chi connectivity index (χ1n) is 50.1. The van der Waals surface area contributed by atoms with E-state index in [2.05, 4.69) is 363 Å². The Morgan fingerprint density at radius 2 is 0.417 bits per heavy atom. The van der Waals surface area contributed by atoms with E-state index in [1.54, 1.807) is 22.3 Å². The zero-order chi connectivity index (χ0) is 90.6. The molecule has 0 atom stereocenters. The van der Waals surface area contributed by atoms with E-state index in [9.17, 15) is 0 Å². The molecule has 10 aliphatic rings. The highest BCUT2D eigenvalue weighted by Gasteiger charge is 2.63. The Kier molecular flexibility index (Phi) is 16.6.